The molecule has 3 rings (SSSR count). The SMILES string of the molecule is NC1=NC2(c3cccc(F)c3F)CCCCC2CS1. The van der Waals surface area contributed by atoms with E-state index in [1.807, 2.05) is 0 Å². The number of aliphatic imine (C=N–C) groups is 1. The summed E-state index contributed by atoms with van der Waals surface area (Å²) in [6.07, 6.45) is 3.85. The number of thioether (sulfide) groups is 1. The number of nitrogens with zero attached hydrogens (tertiary/aromatic N) is 1. The monoisotopic (exact) mass is 282 g/mol. The van der Waals surface area contributed by atoms with Crippen LogP contribution in [0.3, 0.4) is 0 Å². The molecular formula is C14H16F2N2S. The van der Waals surface area contributed by atoms with Gasteiger partial charge in [0.2, 0.25) is 0 Å². The fraction of sp³-hybridized carbons (Fsp3) is 0.500. The van der Waals surface area contributed by atoms with Gasteiger partial charge in [0.05, 0.1) is 5.54 Å². The molecule has 2 unspecified atom stereocenters. The van der Waals surface area contributed by atoms with E-state index in [2.05, 4.69) is 4.99 Å². The minimum atomic E-state index is -0.803. The van der Waals surface area contributed by atoms with Crippen LogP contribution < -0.4 is 5.73 Å². The Morgan fingerprint density at radius 2 is 2.16 bits per heavy atom. The first-order chi connectivity index (χ1) is 9.13. The van der Waals surface area contributed by atoms with Gasteiger partial charge in [-0.05, 0) is 24.8 Å². The topological polar surface area (TPSA) is 38.4 Å². The predicted molar refractivity (Wildman–Crippen MR) is 74.1 cm³/mol. The smallest absolute Gasteiger partial charge is 0.164 e. The zero-order chi connectivity index (χ0) is 13.5. The molecule has 102 valence electrons. The van der Waals surface area contributed by atoms with Gasteiger partial charge < -0.3 is 5.73 Å². The van der Waals surface area contributed by atoms with Crippen LogP contribution in [0.25, 0.3) is 0 Å². The summed E-state index contributed by atoms with van der Waals surface area (Å²) in [6.45, 7) is 0. The summed E-state index contributed by atoms with van der Waals surface area (Å²) >= 11 is 1.52. The van der Waals surface area contributed by atoms with Crippen LogP contribution in [0, 0.1) is 17.6 Å². The number of fused-ring (bicyclic) bond motifs is 1. The summed E-state index contributed by atoms with van der Waals surface area (Å²) in [7, 11) is 0. The zero-order valence-corrected chi connectivity index (χ0v) is 11.4. The molecule has 2 nitrogen and oxygen atoms in total. The van der Waals surface area contributed by atoms with Gasteiger partial charge in [-0.15, -0.1) is 0 Å². The number of benzene rings is 1. The molecule has 19 heavy (non-hydrogen) atoms. The molecule has 0 radical (unpaired) electrons. The lowest BCUT2D eigenvalue weighted by molar-refractivity contribution is 0.204. The molecule has 1 saturated carbocycles. The first kappa shape index (κ1) is 12.9. The third-order valence-corrected chi connectivity index (χ3v) is 5.15. The second-order valence-electron chi connectivity index (χ2n) is 5.23. The number of nitrogens with two attached hydrogens (primary N) is 1. The lowest BCUT2D eigenvalue weighted by Crippen LogP contribution is -2.43. The van der Waals surface area contributed by atoms with Gasteiger partial charge in [0.15, 0.2) is 16.8 Å². The van der Waals surface area contributed by atoms with Crippen molar-refractivity contribution < 1.29 is 8.78 Å². The molecule has 2 N–H and O–H groups in total. The standard InChI is InChI=1S/C14H16F2N2S/c15-11-6-3-5-10(12(11)16)14-7-2-1-4-9(14)8-19-13(17)18-14/h3,5-6,9H,1-2,4,7-8H2,(H2,17,18). The molecule has 1 aromatic rings. The van der Waals surface area contributed by atoms with Crippen molar-refractivity contribution in [1.82, 2.24) is 0 Å². The number of hydrogen-bond donors (Lipinski definition) is 1. The van der Waals surface area contributed by atoms with Crippen molar-refractivity contribution in [2.45, 2.75) is 31.2 Å². The molecule has 1 aromatic carbocycles. The maximum Gasteiger partial charge on any atom is 0.164 e. The zero-order valence-electron chi connectivity index (χ0n) is 10.5. The maximum absolute atomic E-state index is 14.2. The number of halogens is 2. The Morgan fingerprint density at radius 3 is 3.00 bits per heavy atom. The van der Waals surface area contributed by atoms with Gasteiger partial charge in [0.25, 0.3) is 0 Å². The van der Waals surface area contributed by atoms with Gasteiger partial charge in [0.1, 0.15) is 0 Å². The summed E-state index contributed by atoms with van der Waals surface area (Å²) in [5, 5.41) is 0.488. The molecule has 5 heteroatoms. The molecule has 2 atom stereocenters. The van der Waals surface area contributed by atoms with Crippen molar-refractivity contribution in [3.63, 3.8) is 0 Å². The van der Waals surface area contributed by atoms with Crippen molar-refractivity contribution in [2.24, 2.45) is 16.6 Å². The lowest BCUT2D eigenvalue weighted by atomic mass is 9.69. The Balaban J connectivity index is 2.16. The predicted octanol–water partition coefficient (Wildman–Crippen LogP) is 3.41. The lowest BCUT2D eigenvalue weighted by Gasteiger charge is -2.44. The molecule has 1 aliphatic carbocycles. The molecule has 2 aliphatic rings. The summed E-state index contributed by atoms with van der Waals surface area (Å²) < 4.78 is 27.7. The third kappa shape index (κ3) is 2.04. The Labute approximate surface area is 115 Å². The van der Waals surface area contributed by atoms with Gasteiger partial charge >= 0.3 is 0 Å². The molecule has 1 aliphatic heterocycles. The van der Waals surface area contributed by atoms with Crippen molar-refractivity contribution in [3.05, 3.63) is 35.4 Å². The maximum atomic E-state index is 14.2. The van der Waals surface area contributed by atoms with Crippen LogP contribution in [0.2, 0.25) is 0 Å². The quantitative estimate of drug-likeness (QED) is 0.857. The Hall–Kier alpha value is -1.10. The van der Waals surface area contributed by atoms with Gasteiger partial charge in [0, 0.05) is 11.3 Å². The average Bonchev–Trinajstić information content (AvgIpc) is 2.41. The second kappa shape index (κ2) is 4.78. The van der Waals surface area contributed by atoms with Crippen molar-refractivity contribution in [2.75, 3.05) is 5.75 Å². The van der Waals surface area contributed by atoms with Gasteiger partial charge in [-0.25, -0.2) is 8.78 Å². The summed E-state index contributed by atoms with van der Waals surface area (Å²) in [5.74, 6) is -0.485. The summed E-state index contributed by atoms with van der Waals surface area (Å²) in [6, 6.07) is 4.36. The van der Waals surface area contributed by atoms with Crippen LogP contribution in [0.1, 0.15) is 31.2 Å². The Kier molecular flexibility index (Phi) is 3.25. The van der Waals surface area contributed by atoms with E-state index < -0.39 is 17.2 Å². The van der Waals surface area contributed by atoms with Gasteiger partial charge in [-0.2, -0.15) is 0 Å². The van der Waals surface area contributed by atoms with Crippen LogP contribution >= 0.6 is 11.8 Å². The van der Waals surface area contributed by atoms with E-state index in [1.165, 1.54) is 11.8 Å². The van der Waals surface area contributed by atoms with E-state index >= 15 is 0 Å². The number of hydrogen-bond acceptors (Lipinski definition) is 3. The first-order valence-corrected chi connectivity index (χ1v) is 7.54. The minimum absolute atomic E-state index is 0.245. The minimum Gasteiger partial charge on any atom is -0.379 e. The van der Waals surface area contributed by atoms with E-state index in [1.54, 1.807) is 12.1 Å². The van der Waals surface area contributed by atoms with Gasteiger partial charge in [-0.1, -0.05) is 36.7 Å². The third-order valence-electron chi connectivity index (χ3n) is 4.20. The summed E-state index contributed by atoms with van der Waals surface area (Å²) in [5.41, 5.74) is 5.57. The molecule has 0 saturated heterocycles. The Bertz CT molecular complexity index is 532. The molecule has 1 fully saturated rings. The van der Waals surface area contributed by atoms with Crippen LogP contribution in [0.4, 0.5) is 8.78 Å². The number of rotatable bonds is 1. The van der Waals surface area contributed by atoms with E-state index in [0.717, 1.165) is 37.5 Å². The highest BCUT2D eigenvalue weighted by Crippen LogP contribution is 2.49. The van der Waals surface area contributed by atoms with Crippen LogP contribution in [0.5, 0.6) is 0 Å². The molecular weight excluding hydrogens is 266 g/mol. The van der Waals surface area contributed by atoms with E-state index in [9.17, 15) is 8.78 Å². The highest BCUT2D eigenvalue weighted by molar-refractivity contribution is 8.13. The normalized spacial score (nSPS) is 30.6. The van der Waals surface area contributed by atoms with Crippen molar-refractivity contribution in [1.29, 1.82) is 0 Å². The molecule has 0 aromatic heterocycles. The first-order valence-electron chi connectivity index (χ1n) is 6.56. The number of amidine groups is 1. The fourth-order valence-electron chi connectivity index (χ4n) is 3.26. The highest BCUT2D eigenvalue weighted by Gasteiger charge is 2.46. The van der Waals surface area contributed by atoms with E-state index in [-0.39, 0.29) is 5.92 Å². The van der Waals surface area contributed by atoms with Crippen molar-refractivity contribution in [3.8, 4) is 0 Å². The van der Waals surface area contributed by atoms with Crippen LogP contribution in [-0.4, -0.2) is 10.9 Å². The molecule has 0 bridgehead atoms. The van der Waals surface area contributed by atoms with Crippen LogP contribution in [0.15, 0.2) is 23.2 Å². The van der Waals surface area contributed by atoms with E-state index in [0.29, 0.717) is 10.7 Å². The van der Waals surface area contributed by atoms with Crippen LogP contribution in [-0.2, 0) is 5.54 Å². The molecule has 0 amide bonds. The fourth-order valence-corrected chi connectivity index (χ4v) is 4.31. The summed E-state index contributed by atoms with van der Waals surface area (Å²) in [4.78, 5) is 4.56. The van der Waals surface area contributed by atoms with Crippen molar-refractivity contribution >= 4 is 16.9 Å². The largest absolute Gasteiger partial charge is 0.379 e. The Morgan fingerprint density at radius 1 is 1.32 bits per heavy atom. The highest BCUT2D eigenvalue weighted by atomic mass is 32.2. The second-order valence-corrected chi connectivity index (χ2v) is 6.27. The molecule has 1 heterocycles. The van der Waals surface area contributed by atoms with Gasteiger partial charge in [-0.3, -0.25) is 4.99 Å². The van der Waals surface area contributed by atoms with E-state index in [4.69, 9.17) is 5.73 Å². The molecule has 0 spiro atoms. The average molecular weight is 282 g/mol.